The minimum absolute atomic E-state index is 0.0586. The standard InChI is InChI=1S/C18H17BrN4O3S/c1-27(25,26)11-14-2-6-15(7-3-14)17(24)21-18-20-12-23(22-18)10-13-4-8-16(19)9-5-13/h2-9,12H,10-11H2,1H3,(H,21,22,24). The molecule has 1 N–H and O–H groups in total. The van der Waals surface area contributed by atoms with E-state index in [0.29, 0.717) is 17.7 Å². The van der Waals surface area contributed by atoms with Crippen LogP contribution < -0.4 is 5.32 Å². The van der Waals surface area contributed by atoms with Crippen molar-refractivity contribution >= 4 is 37.6 Å². The third-order valence-corrected chi connectivity index (χ3v) is 5.05. The van der Waals surface area contributed by atoms with Crippen LogP contribution in [0.5, 0.6) is 0 Å². The van der Waals surface area contributed by atoms with Gasteiger partial charge in [-0.25, -0.2) is 18.1 Å². The molecule has 0 radical (unpaired) electrons. The zero-order valence-corrected chi connectivity index (χ0v) is 16.9. The Morgan fingerprint density at radius 2 is 1.70 bits per heavy atom. The van der Waals surface area contributed by atoms with Crippen LogP contribution in [0, 0.1) is 0 Å². The first-order valence-electron chi connectivity index (χ1n) is 8.00. The van der Waals surface area contributed by atoms with Gasteiger partial charge in [-0.05, 0) is 35.4 Å². The molecule has 3 rings (SSSR count). The molecule has 0 aliphatic heterocycles. The summed E-state index contributed by atoms with van der Waals surface area (Å²) in [5.41, 5.74) is 2.09. The smallest absolute Gasteiger partial charge is 0.258 e. The molecule has 1 amide bonds. The fourth-order valence-corrected chi connectivity index (χ4v) is 3.50. The van der Waals surface area contributed by atoms with E-state index in [1.807, 2.05) is 24.3 Å². The topological polar surface area (TPSA) is 94.0 Å². The number of carbonyl (C=O) groups excluding carboxylic acids is 1. The Labute approximate surface area is 165 Å². The van der Waals surface area contributed by atoms with Gasteiger partial charge in [0.05, 0.1) is 12.3 Å². The molecule has 0 unspecified atom stereocenters. The van der Waals surface area contributed by atoms with Crippen molar-refractivity contribution in [3.05, 3.63) is 76.0 Å². The molecule has 9 heteroatoms. The summed E-state index contributed by atoms with van der Waals surface area (Å²) in [6, 6.07) is 14.2. The first kappa shape index (κ1) is 19.2. The van der Waals surface area contributed by atoms with Crippen LogP contribution >= 0.6 is 15.9 Å². The van der Waals surface area contributed by atoms with Crippen LogP contribution in [0.15, 0.2) is 59.3 Å². The van der Waals surface area contributed by atoms with E-state index in [2.05, 4.69) is 31.3 Å². The highest BCUT2D eigenvalue weighted by Gasteiger charge is 2.11. The number of sulfone groups is 1. The van der Waals surface area contributed by atoms with Crippen LogP contribution in [0.1, 0.15) is 21.5 Å². The molecule has 0 fully saturated rings. The Morgan fingerprint density at radius 3 is 2.33 bits per heavy atom. The van der Waals surface area contributed by atoms with Crippen molar-refractivity contribution in [3.63, 3.8) is 0 Å². The predicted octanol–water partition coefficient (Wildman–Crippen LogP) is 2.89. The number of rotatable bonds is 6. The average Bonchev–Trinajstić information content (AvgIpc) is 3.03. The lowest BCUT2D eigenvalue weighted by Gasteiger charge is -2.04. The SMILES string of the molecule is CS(=O)(=O)Cc1ccc(C(=O)Nc2ncn(Cc3ccc(Br)cc3)n2)cc1. The summed E-state index contributed by atoms with van der Waals surface area (Å²) < 4.78 is 25.3. The fraction of sp³-hybridized carbons (Fsp3) is 0.167. The molecule has 140 valence electrons. The molecule has 0 saturated heterocycles. The molecule has 7 nitrogen and oxygen atoms in total. The van der Waals surface area contributed by atoms with Gasteiger partial charge in [0.1, 0.15) is 6.33 Å². The number of halogens is 1. The lowest BCUT2D eigenvalue weighted by Crippen LogP contribution is -2.13. The second kappa shape index (κ2) is 8.01. The molecule has 0 bridgehead atoms. The lowest BCUT2D eigenvalue weighted by molar-refractivity contribution is 0.102. The minimum atomic E-state index is -3.11. The molecular weight excluding hydrogens is 432 g/mol. The van der Waals surface area contributed by atoms with Gasteiger partial charge >= 0.3 is 0 Å². The summed E-state index contributed by atoms with van der Waals surface area (Å²) in [6.07, 6.45) is 2.72. The second-order valence-corrected chi connectivity index (χ2v) is 9.17. The number of aromatic nitrogens is 3. The van der Waals surface area contributed by atoms with E-state index < -0.39 is 9.84 Å². The number of hydrogen-bond donors (Lipinski definition) is 1. The van der Waals surface area contributed by atoms with Gasteiger partial charge in [0.25, 0.3) is 5.91 Å². The van der Waals surface area contributed by atoms with Crippen molar-refractivity contribution in [1.29, 1.82) is 0 Å². The van der Waals surface area contributed by atoms with Gasteiger partial charge in [0.2, 0.25) is 5.95 Å². The first-order valence-corrected chi connectivity index (χ1v) is 10.9. The molecule has 0 aliphatic carbocycles. The third-order valence-electron chi connectivity index (χ3n) is 3.66. The zero-order chi connectivity index (χ0) is 19.4. The Hall–Kier alpha value is -2.52. The molecule has 3 aromatic rings. The van der Waals surface area contributed by atoms with Crippen LogP contribution in [0.3, 0.4) is 0 Å². The number of amides is 1. The van der Waals surface area contributed by atoms with Crippen molar-refractivity contribution in [2.24, 2.45) is 0 Å². The number of hydrogen-bond acceptors (Lipinski definition) is 5. The summed E-state index contributed by atoms with van der Waals surface area (Å²) in [5, 5.41) is 6.88. The summed E-state index contributed by atoms with van der Waals surface area (Å²) in [7, 11) is -3.11. The highest BCUT2D eigenvalue weighted by Crippen LogP contribution is 2.12. The van der Waals surface area contributed by atoms with Gasteiger partial charge in [0.15, 0.2) is 9.84 Å². The van der Waals surface area contributed by atoms with Gasteiger partial charge in [-0.15, -0.1) is 5.10 Å². The third kappa shape index (κ3) is 5.73. The van der Waals surface area contributed by atoms with E-state index in [0.717, 1.165) is 10.0 Å². The zero-order valence-electron chi connectivity index (χ0n) is 14.5. The van der Waals surface area contributed by atoms with Crippen molar-refractivity contribution < 1.29 is 13.2 Å². The van der Waals surface area contributed by atoms with Gasteiger partial charge < -0.3 is 0 Å². The van der Waals surface area contributed by atoms with E-state index in [1.54, 1.807) is 35.3 Å². The van der Waals surface area contributed by atoms with Crippen molar-refractivity contribution in [2.45, 2.75) is 12.3 Å². The highest BCUT2D eigenvalue weighted by molar-refractivity contribution is 9.10. The van der Waals surface area contributed by atoms with E-state index in [1.165, 1.54) is 6.26 Å². The average molecular weight is 449 g/mol. The minimum Gasteiger partial charge on any atom is -0.289 e. The number of nitrogens with zero attached hydrogens (tertiary/aromatic N) is 3. The molecule has 0 saturated carbocycles. The Kier molecular flexibility index (Phi) is 5.71. The van der Waals surface area contributed by atoms with Crippen molar-refractivity contribution in [3.8, 4) is 0 Å². The quantitative estimate of drug-likeness (QED) is 0.625. The predicted molar refractivity (Wildman–Crippen MR) is 106 cm³/mol. The highest BCUT2D eigenvalue weighted by atomic mass is 79.9. The number of nitrogens with one attached hydrogen (secondary N) is 1. The maximum Gasteiger partial charge on any atom is 0.258 e. The molecule has 0 atom stereocenters. The normalized spacial score (nSPS) is 11.3. The summed E-state index contributed by atoms with van der Waals surface area (Å²) >= 11 is 3.39. The Balaban J connectivity index is 1.62. The van der Waals surface area contributed by atoms with Crippen molar-refractivity contribution in [1.82, 2.24) is 14.8 Å². The molecule has 27 heavy (non-hydrogen) atoms. The molecule has 2 aromatic carbocycles. The molecule has 0 spiro atoms. The van der Waals surface area contributed by atoms with Crippen LogP contribution in [-0.4, -0.2) is 35.3 Å². The monoisotopic (exact) mass is 448 g/mol. The summed E-state index contributed by atoms with van der Waals surface area (Å²) in [5.74, 6) is -0.212. The van der Waals surface area contributed by atoms with E-state index in [-0.39, 0.29) is 17.6 Å². The lowest BCUT2D eigenvalue weighted by atomic mass is 10.1. The molecule has 0 aliphatic rings. The summed E-state index contributed by atoms with van der Waals surface area (Å²) in [4.78, 5) is 16.4. The van der Waals surface area contributed by atoms with Crippen LogP contribution in [0.25, 0.3) is 0 Å². The van der Waals surface area contributed by atoms with Gasteiger partial charge in [-0.3, -0.25) is 10.1 Å². The second-order valence-electron chi connectivity index (χ2n) is 6.11. The van der Waals surface area contributed by atoms with E-state index in [4.69, 9.17) is 0 Å². The summed E-state index contributed by atoms with van der Waals surface area (Å²) in [6.45, 7) is 0.538. The van der Waals surface area contributed by atoms with Crippen LogP contribution in [0.2, 0.25) is 0 Å². The fourth-order valence-electron chi connectivity index (χ4n) is 2.43. The first-order chi connectivity index (χ1) is 12.8. The van der Waals surface area contributed by atoms with E-state index >= 15 is 0 Å². The van der Waals surface area contributed by atoms with Crippen LogP contribution in [0.4, 0.5) is 5.95 Å². The van der Waals surface area contributed by atoms with Gasteiger partial charge in [0, 0.05) is 16.3 Å². The molecule has 1 aromatic heterocycles. The maximum absolute atomic E-state index is 12.3. The maximum atomic E-state index is 12.3. The van der Waals surface area contributed by atoms with E-state index in [9.17, 15) is 13.2 Å². The Morgan fingerprint density at radius 1 is 1.07 bits per heavy atom. The molecular formula is C18H17BrN4O3S. The Bertz CT molecular complexity index is 1040. The largest absolute Gasteiger partial charge is 0.289 e. The van der Waals surface area contributed by atoms with Crippen LogP contribution in [-0.2, 0) is 22.1 Å². The molecule has 1 heterocycles. The van der Waals surface area contributed by atoms with Crippen molar-refractivity contribution in [2.75, 3.05) is 11.6 Å². The van der Waals surface area contributed by atoms with Gasteiger partial charge in [-0.2, -0.15) is 0 Å². The number of benzene rings is 2. The number of anilines is 1. The van der Waals surface area contributed by atoms with Gasteiger partial charge in [-0.1, -0.05) is 40.2 Å². The number of carbonyl (C=O) groups is 1.